The highest BCUT2D eigenvalue weighted by atomic mass is 32.2. The van der Waals surface area contributed by atoms with E-state index in [4.69, 9.17) is 4.74 Å². The lowest BCUT2D eigenvalue weighted by atomic mass is 9.96. The number of ether oxygens (including phenoxy) is 2. The summed E-state index contributed by atoms with van der Waals surface area (Å²) in [5, 5.41) is 2.36. The SMILES string of the molecule is CS(=O)(=O)N1Cc2ccccc2CC1C(=O)OCC(=O)Nc1ccc(OC(F)(F)F)cc1. The van der Waals surface area contributed by atoms with E-state index in [1.54, 1.807) is 24.3 Å². The van der Waals surface area contributed by atoms with Crippen molar-refractivity contribution < 1.29 is 40.7 Å². The van der Waals surface area contributed by atoms with Gasteiger partial charge in [-0.1, -0.05) is 24.3 Å². The molecule has 32 heavy (non-hydrogen) atoms. The Kier molecular flexibility index (Phi) is 6.74. The zero-order valence-corrected chi connectivity index (χ0v) is 17.6. The van der Waals surface area contributed by atoms with Gasteiger partial charge in [-0.3, -0.25) is 9.59 Å². The summed E-state index contributed by atoms with van der Waals surface area (Å²) in [6.07, 6.45) is -3.75. The summed E-state index contributed by atoms with van der Waals surface area (Å²) in [5.74, 6) is -2.08. The number of rotatable bonds is 6. The van der Waals surface area contributed by atoms with Crippen LogP contribution in [0.1, 0.15) is 11.1 Å². The lowest BCUT2D eigenvalue weighted by Crippen LogP contribution is -2.49. The molecule has 1 amide bonds. The van der Waals surface area contributed by atoms with Gasteiger partial charge in [-0.15, -0.1) is 13.2 Å². The number of fused-ring (bicyclic) bond motifs is 1. The smallest absolute Gasteiger partial charge is 0.454 e. The monoisotopic (exact) mass is 472 g/mol. The van der Waals surface area contributed by atoms with Crippen molar-refractivity contribution in [2.45, 2.75) is 25.4 Å². The van der Waals surface area contributed by atoms with Crippen molar-refractivity contribution in [1.82, 2.24) is 4.31 Å². The van der Waals surface area contributed by atoms with Crippen LogP contribution in [-0.4, -0.2) is 49.9 Å². The molecule has 0 saturated heterocycles. The molecule has 3 rings (SSSR count). The maximum absolute atomic E-state index is 12.6. The van der Waals surface area contributed by atoms with E-state index in [1.807, 2.05) is 0 Å². The maximum atomic E-state index is 12.6. The number of esters is 1. The van der Waals surface area contributed by atoms with Gasteiger partial charge in [0.05, 0.1) is 6.26 Å². The number of nitrogens with zero attached hydrogens (tertiary/aromatic N) is 1. The number of halogens is 3. The highest BCUT2D eigenvalue weighted by molar-refractivity contribution is 7.88. The van der Waals surface area contributed by atoms with Crippen LogP contribution < -0.4 is 10.1 Å². The predicted molar refractivity (Wildman–Crippen MR) is 107 cm³/mol. The number of carbonyl (C=O) groups excluding carboxylic acids is 2. The zero-order valence-electron chi connectivity index (χ0n) is 16.8. The summed E-state index contributed by atoms with van der Waals surface area (Å²) >= 11 is 0. The highest BCUT2D eigenvalue weighted by Crippen LogP contribution is 2.26. The molecule has 1 atom stereocenters. The van der Waals surface area contributed by atoms with Crippen LogP contribution >= 0.6 is 0 Å². The minimum Gasteiger partial charge on any atom is -0.454 e. The van der Waals surface area contributed by atoms with Gasteiger partial charge in [0.25, 0.3) is 5.91 Å². The van der Waals surface area contributed by atoms with Gasteiger partial charge in [-0.2, -0.15) is 4.31 Å². The molecule has 12 heteroatoms. The molecule has 0 saturated carbocycles. The van der Waals surface area contributed by atoms with Gasteiger partial charge in [0.2, 0.25) is 10.0 Å². The first-order chi connectivity index (χ1) is 14.9. The Morgan fingerprint density at radius 2 is 1.72 bits per heavy atom. The third-order valence-corrected chi connectivity index (χ3v) is 5.86. The molecule has 1 unspecified atom stereocenters. The van der Waals surface area contributed by atoms with Crippen LogP contribution in [0.5, 0.6) is 5.75 Å². The summed E-state index contributed by atoms with van der Waals surface area (Å²) in [6.45, 7) is -0.692. The van der Waals surface area contributed by atoms with E-state index in [-0.39, 0.29) is 18.7 Å². The van der Waals surface area contributed by atoms with Crippen LogP contribution in [-0.2, 0) is 37.3 Å². The number of anilines is 1. The average molecular weight is 472 g/mol. The second-order valence-corrected chi connectivity index (χ2v) is 8.96. The number of sulfonamides is 1. The van der Waals surface area contributed by atoms with Gasteiger partial charge < -0.3 is 14.8 Å². The zero-order chi connectivity index (χ0) is 23.5. The van der Waals surface area contributed by atoms with Gasteiger partial charge in [-0.25, -0.2) is 8.42 Å². The lowest BCUT2D eigenvalue weighted by Gasteiger charge is -2.33. The number of alkyl halides is 3. The van der Waals surface area contributed by atoms with Crippen molar-refractivity contribution in [2.75, 3.05) is 18.2 Å². The third-order valence-electron chi connectivity index (χ3n) is 4.62. The van der Waals surface area contributed by atoms with Crippen molar-refractivity contribution in [3.05, 3.63) is 59.7 Å². The van der Waals surface area contributed by atoms with Gasteiger partial charge >= 0.3 is 12.3 Å². The molecule has 2 aromatic carbocycles. The molecular formula is C20H19F3N2O6S. The molecule has 0 bridgehead atoms. The van der Waals surface area contributed by atoms with Crippen molar-refractivity contribution in [3.63, 3.8) is 0 Å². The molecule has 0 radical (unpaired) electrons. The van der Waals surface area contributed by atoms with Gasteiger partial charge in [0.1, 0.15) is 11.8 Å². The van der Waals surface area contributed by atoms with Gasteiger partial charge in [-0.05, 0) is 35.4 Å². The second-order valence-electron chi connectivity index (χ2n) is 7.02. The molecule has 0 fully saturated rings. The normalized spacial score (nSPS) is 16.7. The van der Waals surface area contributed by atoms with Gasteiger partial charge in [0.15, 0.2) is 6.61 Å². The first-order valence-electron chi connectivity index (χ1n) is 9.28. The fourth-order valence-electron chi connectivity index (χ4n) is 3.22. The molecule has 0 aliphatic carbocycles. The molecule has 172 valence electrons. The molecule has 1 aliphatic heterocycles. The summed E-state index contributed by atoms with van der Waals surface area (Å²) in [6, 6.07) is 10.4. The van der Waals surface area contributed by atoms with E-state index < -0.39 is 46.7 Å². The molecule has 1 heterocycles. The van der Waals surface area contributed by atoms with E-state index in [2.05, 4.69) is 10.1 Å². The van der Waals surface area contributed by atoms with Crippen LogP contribution in [0.15, 0.2) is 48.5 Å². The average Bonchev–Trinajstić information content (AvgIpc) is 2.71. The Bertz CT molecular complexity index is 1100. The van der Waals surface area contributed by atoms with Crippen LogP contribution in [0.25, 0.3) is 0 Å². The van der Waals surface area contributed by atoms with Crippen molar-refractivity contribution in [3.8, 4) is 5.75 Å². The Hall–Kier alpha value is -3.12. The minimum absolute atomic E-state index is 0.00726. The van der Waals surface area contributed by atoms with E-state index in [0.717, 1.165) is 33.8 Å². The molecule has 0 spiro atoms. The molecular weight excluding hydrogens is 453 g/mol. The summed E-state index contributed by atoms with van der Waals surface area (Å²) < 4.78 is 70.6. The van der Waals surface area contributed by atoms with Crippen molar-refractivity contribution in [1.29, 1.82) is 0 Å². The van der Waals surface area contributed by atoms with Crippen molar-refractivity contribution in [2.24, 2.45) is 0 Å². The number of carbonyl (C=O) groups is 2. The molecule has 0 aromatic heterocycles. The lowest BCUT2D eigenvalue weighted by molar-refractivity contribution is -0.274. The molecule has 1 aliphatic rings. The molecule has 8 nitrogen and oxygen atoms in total. The second kappa shape index (κ2) is 9.17. The van der Waals surface area contributed by atoms with E-state index in [0.29, 0.717) is 0 Å². The quantitative estimate of drug-likeness (QED) is 0.648. The fraction of sp³-hybridized carbons (Fsp3) is 0.300. The highest BCUT2D eigenvalue weighted by Gasteiger charge is 2.38. The standard InChI is InChI=1S/C20H19F3N2O6S/c1-32(28,29)25-11-14-5-3-2-4-13(14)10-17(25)19(27)30-12-18(26)24-15-6-8-16(9-7-15)31-20(21,22)23/h2-9,17H,10-12H2,1H3,(H,24,26). The Labute approximate surface area is 182 Å². The summed E-state index contributed by atoms with van der Waals surface area (Å²) in [7, 11) is -3.73. The van der Waals surface area contributed by atoms with E-state index in [1.165, 1.54) is 12.1 Å². The summed E-state index contributed by atoms with van der Waals surface area (Å²) in [5.41, 5.74) is 1.74. The van der Waals surface area contributed by atoms with Crippen LogP contribution in [0.2, 0.25) is 0 Å². The number of hydrogen-bond donors (Lipinski definition) is 1. The van der Waals surface area contributed by atoms with E-state index in [9.17, 15) is 31.2 Å². The van der Waals surface area contributed by atoms with Crippen molar-refractivity contribution >= 4 is 27.6 Å². The van der Waals surface area contributed by atoms with E-state index >= 15 is 0 Å². The van der Waals surface area contributed by atoms with Crippen LogP contribution in [0, 0.1) is 0 Å². The summed E-state index contributed by atoms with van der Waals surface area (Å²) in [4.78, 5) is 24.6. The Balaban J connectivity index is 1.60. The fourth-order valence-corrected chi connectivity index (χ4v) is 4.21. The number of hydrogen-bond acceptors (Lipinski definition) is 6. The van der Waals surface area contributed by atoms with Gasteiger partial charge in [0, 0.05) is 18.7 Å². The minimum atomic E-state index is -4.83. The first-order valence-corrected chi connectivity index (χ1v) is 11.1. The van der Waals surface area contributed by atoms with Crippen LogP contribution in [0.3, 0.4) is 0 Å². The number of benzene rings is 2. The Morgan fingerprint density at radius 1 is 1.09 bits per heavy atom. The first kappa shape index (κ1) is 23.5. The maximum Gasteiger partial charge on any atom is 0.573 e. The predicted octanol–water partition coefficient (Wildman–Crippen LogP) is 2.45. The molecule has 1 N–H and O–H groups in total. The van der Waals surface area contributed by atoms with Crippen LogP contribution in [0.4, 0.5) is 18.9 Å². The number of nitrogens with one attached hydrogen (secondary N) is 1. The largest absolute Gasteiger partial charge is 0.573 e. The number of amides is 1. The third kappa shape index (κ3) is 6.20. The molecule has 2 aromatic rings. The Morgan fingerprint density at radius 3 is 2.31 bits per heavy atom. The topological polar surface area (TPSA) is 102 Å².